The Labute approximate surface area is 134 Å². The van der Waals surface area contributed by atoms with Crippen molar-refractivity contribution in [2.75, 3.05) is 7.05 Å². The first-order valence-corrected chi connectivity index (χ1v) is 9.42. The van der Waals surface area contributed by atoms with Gasteiger partial charge in [-0.15, -0.1) is 0 Å². The lowest BCUT2D eigenvalue weighted by molar-refractivity contribution is -0.160. The van der Waals surface area contributed by atoms with Crippen LogP contribution in [0.15, 0.2) is 0 Å². The Bertz CT molecular complexity index is 464. The van der Waals surface area contributed by atoms with E-state index in [1.54, 1.807) is 0 Å². The predicted octanol–water partition coefficient (Wildman–Crippen LogP) is 2.77. The quantitative estimate of drug-likeness (QED) is 0.783. The van der Waals surface area contributed by atoms with Crippen LogP contribution in [0.4, 0.5) is 0 Å². The van der Waals surface area contributed by atoms with Gasteiger partial charge in [0.2, 0.25) is 0 Å². The molecule has 0 amide bonds. The van der Waals surface area contributed by atoms with Crippen molar-refractivity contribution < 1.29 is 9.90 Å². The molecule has 0 bridgehead atoms. The first kappa shape index (κ1) is 15.1. The van der Waals surface area contributed by atoms with Gasteiger partial charge in [0.1, 0.15) is 5.78 Å². The average Bonchev–Trinajstić information content (AvgIpc) is 2.99. The Kier molecular flexibility index (Phi) is 3.65. The molecule has 0 aliphatic heterocycles. The molecule has 4 saturated carbocycles. The summed E-state index contributed by atoms with van der Waals surface area (Å²) in [6.07, 6.45) is 8.62. The number of aliphatic hydroxyl groups excluding tert-OH is 1. The van der Waals surface area contributed by atoms with Crippen molar-refractivity contribution in [3.8, 4) is 0 Å². The highest BCUT2D eigenvalue weighted by atomic mass is 16.3. The molecule has 0 spiro atoms. The van der Waals surface area contributed by atoms with Crippen LogP contribution in [0.1, 0.15) is 58.3 Å². The van der Waals surface area contributed by atoms with Crippen LogP contribution in [0, 0.1) is 35.0 Å². The summed E-state index contributed by atoms with van der Waals surface area (Å²) in [5, 5.41) is 14.3. The average molecular weight is 305 g/mol. The lowest BCUT2D eigenvalue weighted by Crippen LogP contribution is -2.58. The number of rotatable bonds is 1. The molecule has 0 heterocycles. The summed E-state index contributed by atoms with van der Waals surface area (Å²) >= 11 is 0. The first-order chi connectivity index (χ1) is 10.5. The van der Waals surface area contributed by atoms with Crippen molar-refractivity contribution in [2.24, 2.45) is 35.0 Å². The van der Waals surface area contributed by atoms with Gasteiger partial charge in [-0.05, 0) is 74.7 Å². The van der Waals surface area contributed by atoms with Crippen LogP contribution in [-0.4, -0.2) is 30.1 Å². The summed E-state index contributed by atoms with van der Waals surface area (Å²) in [7, 11) is 2.04. The van der Waals surface area contributed by atoms with Crippen LogP contribution in [0.25, 0.3) is 0 Å². The van der Waals surface area contributed by atoms with E-state index in [0.29, 0.717) is 41.4 Å². The summed E-state index contributed by atoms with van der Waals surface area (Å²) < 4.78 is 0. The van der Waals surface area contributed by atoms with Gasteiger partial charge < -0.3 is 10.4 Å². The molecule has 4 aliphatic rings. The van der Waals surface area contributed by atoms with E-state index in [-0.39, 0.29) is 11.5 Å². The van der Waals surface area contributed by atoms with Gasteiger partial charge >= 0.3 is 0 Å². The van der Waals surface area contributed by atoms with Gasteiger partial charge in [-0.3, -0.25) is 4.79 Å². The molecule has 3 heteroatoms. The fourth-order valence-corrected chi connectivity index (χ4v) is 6.91. The van der Waals surface area contributed by atoms with E-state index in [1.807, 2.05) is 7.05 Å². The zero-order valence-electron chi connectivity index (χ0n) is 14.1. The Morgan fingerprint density at radius 3 is 2.73 bits per heavy atom. The fraction of sp³-hybridized carbons (Fsp3) is 0.947. The highest BCUT2D eigenvalue weighted by molar-refractivity contribution is 5.83. The molecular weight excluding hydrogens is 274 g/mol. The molecule has 2 N–H and O–H groups in total. The smallest absolute Gasteiger partial charge is 0.136 e. The Morgan fingerprint density at radius 2 is 1.95 bits per heavy atom. The van der Waals surface area contributed by atoms with Gasteiger partial charge in [0, 0.05) is 18.4 Å². The summed E-state index contributed by atoms with van der Waals surface area (Å²) in [6, 6.07) is 0.544. The van der Waals surface area contributed by atoms with Gasteiger partial charge in [-0.1, -0.05) is 13.3 Å². The molecular formula is C19H31NO2. The maximum Gasteiger partial charge on any atom is 0.136 e. The van der Waals surface area contributed by atoms with E-state index < -0.39 is 0 Å². The summed E-state index contributed by atoms with van der Waals surface area (Å²) in [6.45, 7) is 2.39. The minimum Gasteiger partial charge on any atom is -0.393 e. The third-order valence-electron chi connectivity index (χ3n) is 8.12. The van der Waals surface area contributed by atoms with Crippen molar-refractivity contribution in [3.05, 3.63) is 0 Å². The van der Waals surface area contributed by atoms with E-state index in [0.717, 1.165) is 25.7 Å². The van der Waals surface area contributed by atoms with E-state index in [1.165, 1.54) is 25.7 Å². The third-order valence-corrected chi connectivity index (χ3v) is 8.12. The third kappa shape index (κ3) is 2.04. The van der Waals surface area contributed by atoms with E-state index >= 15 is 0 Å². The fourth-order valence-electron chi connectivity index (χ4n) is 6.91. The number of hydrogen-bond donors (Lipinski definition) is 2. The summed E-state index contributed by atoms with van der Waals surface area (Å²) in [4.78, 5) is 12.7. The first-order valence-electron chi connectivity index (χ1n) is 9.42. The molecule has 0 aromatic carbocycles. The van der Waals surface area contributed by atoms with Gasteiger partial charge in [0.25, 0.3) is 0 Å². The molecule has 124 valence electrons. The summed E-state index contributed by atoms with van der Waals surface area (Å²) in [5.74, 6) is 2.99. The molecule has 3 nitrogen and oxygen atoms in total. The number of hydrogen-bond acceptors (Lipinski definition) is 3. The van der Waals surface area contributed by atoms with Crippen molar-refractivity contribution in [1.29, 1.82) is 0 Å². The van der Waals surface area contributed by atoms with Gasteiger partial charge in [0.15, 0.2) is 0 Å². The molecule has 0 radical (unpaired) electrons. The number of carbonyl (C=O) groups excluding carboxylic acids is 1. The highest BCUT2D eigenvalue weighted by Crippen LogP contribution is 2.62. The number of aliphatic hydroxyl groups is 1. The van der Waals surface area contributed by atoms with Crippen molar-refractivity contribution in [2.45, 2.75) is 70.4 Å². The second-order valence-electron chi connectivity index (χ2n) is 8.82. The standard InChI is InChI=1S/C19H31NO2/c1-19-7-6-11(20-2)8-16(19)18(22)9-14-12-4-3-5-13(12)17(21)10-15(14)19/h11-16,18,20,22H,3-10H2,1-2H3/t11?,12?,13?,14?,15?,16?,18-,19+/m0/s1. The van der Waals surface area contributed by atoms with Crippen LogP contribution in [-0.2, 0) is 4.79 Å². The van der Waals surface area contributed by atoms with E-state index in [9.17, 15) is 9.90 Å². The molecule has 4 fully saturated rings. The minimum absolute atomic E-state index is 0.156. The zero-order valence-corrected chi connectivity index (χ0v) is 14.1. The Balaban J connectivity index is 1.65. The Hall–Kier alpha value is -0.410. The lowest BCUT2D eigenvalue weighted by atomic mass is 9.46. The number of fused-ring (bicyclic) bond motifs is 5. The normalized spacial score (nSPS) is 54.5. The van der Waals surface area contributed by atoms with Crippen molar-refractivity contribution >= 4 is 5.78 Å². The monoisotopic (exact) mass is 305 g/mol. The highest BCUT2D eigenvalue weighted by Gasteiger charge is 2.59. The number of nitrogens with one attached hydrogen (secondary N) is 1. The predicted molar refractivity (Wildman–Crippen MR) is 86.4 cm³/mol. The maximum atomic E-state index is 12.7. The van der Waals surface area contributed by atoms with Crippen LogP contribution in [0.3, 0.4) is 0 Å². The molecule has 6 unspecified atom stereocenters. The topological polar surface area (TPSA) is 49.3 Å². The van der Waals surface area contributed by atoms with Crippen LogP contribution < -0.4 is 5.32 Å². The van der Waals surface area contributed by atoms with Gasteiger partial charge in [0.05, 0.1) is 6.10 Å². The minimum atomic E-state index is -0.156. The number of carbonyl (C=O) groups is 1. The number of Topliss-reactive ketones (excluding diaryl/α,β-unsaturated/α-hetero) is 1. The van der Waals surface area contributed by atoms with Gasteiger partial charge in [-0.25, -0.2) is 0 Å². The number of ketones is 1. The van der Waals surface area contributed by atoms with Crippen molar-refractivity contribution in [1.82, 2.24) is 5.32 Å². The van der Waals surface area contributed by atoms with E-state index in [2.05, 4.69) is 12.2 Å². The van der Waals surface area contributed by atoms with Crippen molar-refractivity contribution in [3.63, 3.8) is 0 Å². The summed E-state index contributed by atoms with van der Waals surface area (Å²) in [5.41, 5.74) is 0.179. The Morgan fingerprint density at radius 1 is 1.14 bits per heavy atom. The molecule has 0 aromatic rings. The maximum absolute atomic E-state index is 12.7. The largest absolute Gasteiger partial charge is 0.393 e. The van der Waals surface area contributed by atoms with Crippen LogP contribution >= 0.6 is 0 Å². The van der Waals surface area contributed by atoms with E-state index in [4.69, 9.17) is 0 Å². The van der Waals surface area contributed by atoms with Crippen LogP contribution in [0.2, 0.25) is 0 Å². The second-order valence-corrected chi connectivity index (χ2v) is 8.82. The van der Waals surface area contributed by atoms with Crippen LogP contribution in [0.5, 0.6) is 0 Å². The molecule has 0 saturated heterocycles. The second kappa shape index (κ2) is 5.31. The molecule has 8 atom stereocenters. The molecule has 4 rings (SSSR count). The molecule has 22 heavy (non-hydrogen) atoms. The molecule has 4 aliphatic carbocycles. The SMILES string of the molecule is CNC1CC[C@]2(C)C3CC(=O)C4CCCC4C3C[C@H](O)C2C1. The van der Waals surface area contributed by atoms with Gasteiger partial charge in [-0.2, -0.15) is 0 Å². The molecule has 0 aromatic heterocycles. The lowest BCUT2D eigenvalue weighted by Gasteiger charge is -2.60. The zero-order chi connectivity index (χ0) is 15.5.